The summed E-state index contributed by atoms with van der Waals surface area (Å²) in [7, 11) is 1.35. The van der Waals surface area contributed by atoms with Gasteiger partial charge in [-0.1, -0.05) is 22.0 Å². The van der Waals surface area contributed by atoms with Crippen LogP contribution in [0.15, 0.2) is 24.5 Å². The Bertz CT molecular complexity index is 1320. The number of alkyl halides is 2. The van der Waals surface area contributed by atoms with Crippen molar-refractivity contribution in [1.82, 2.24) is 30.0 Å². The van der Waals surface area contributed by atoms with E-state index in [9.17, 15) is 32.9 Å². The number of aromatic nitrogens is 6. The molecule has 0 amide bonds. The van der Waals surface area contributed by atoms with Crippen LogP contribution in [0.2, 0.25) is 5.02 Å². The Labute approximate surface area is 217 Å². The fourth-order valence-corrected chi connectivity index (χ4v) is 5.10. The Balaban J connectivity index is 1.41. The normalized spacial score (nSPS) is 28.3. The molecule has 11 nitrogen and oxygen atoms in total. The second-order valence-electron chi connectivity index (χ2n) is 9.45. The number of hydrogen-bond donors (Lipinski definition) is 3. The molecule has 2 aliphatic rings. The van der Waals surface area contributed by atoms with Gasteiger partial charge in [0.15, 0.2) is 11.6 Å². The van der Waals surface area contributed by atoms with Gasteiger partial charge in [-0.15, -0.1) is 10.2 Å². The van der Waals surface area contributed by atoms with Crippen LogP contribution in [0.5, 0.6) is 0 Å². The van der Waals surface area contributed by atoms with Crippen LogP contribution in [-0.4, -0.2) is 89.4 Å². The van der Waals surface area contributed by atoms with Crippen molar-refractivity contribution in [3.05, 3.63) is 46.9 Å². The number of ether oxygens (including phenoxy) is 2. The van der Waals surface area contributed by atoms with Crippen molar-refractivity contribution in [2.24, 2.45) is 0 Å². The number of hydrogen-bond acceptors (Lipinski definition) is 9. The minimum absolute atomic E-state index is 0.0263. The van der Waals surface area contributed by atoms with Crippen molar-refractivity contribution in [1.29, 1.82) is 0 Å². The molecule has 1 aromatic carbocycles. The van der Waals surface area contributed by atoms with E-state index >= 15 is 0 Å². The van der Waals surface area contributed by atoms with Crippen LogP contribution in [0.25, 0.3) is 11.3 Å². The number of benzene rings is 1. The van der Waals surface area contributed by atoms with E-state index in [0.29, 0.717) is 0 Å². The molecule has 3 N–H and O–H groups in total. The minimum Gasteiger partial charge on any atom is -0.394 e. The summed E-state index contributed by atoms with van der Waals surface area (Å²) in [6.45, 7) is -0.642. The SMILES string of the molecule is CO[C@@H]1[C@@H](n2cc(-c3ccc(Cl)c(F)c3F)nn2)[C@@H](O)[C@@H](CO)O[C@@H]1Cn1cc(C2(O)CC(F)(F)C2)nn1. The standard InChI is InChI=1S/C22H23ClF4N6O5/c1-37-20-13(5-32-6-15(29-30-32)21(36)8-22(26,27)9-21)38-14(7-34)19(35)18(20)33-4-12(28-31-33)10-2-3-11(23)17(25)16(10)24/h2-4,6,13-14,18-20,34-36H,5,7-9H2,1H3/t13-,14-,18+,19+,20+/m1/s1. The first-order valence-corrected chi connectivity index (χ1v) is 11.9. The molecule has 3 heterocycles. The van der Waals surface area contributed by atoms with Crippen LogP contribution < -0.4 is 0 Å². The van der Waals surface area contributed by atoms with E-state index < -0.39 is 78.1 Å². The molecule has 0 radical (unpaired) electrons. The van der Waals surface area contributed by atoms with Gasteiger partial charge in [-0.05, 0) is 12.1 Å². The number of nitrogens with zero attached hydrogens (tertiary/aromatic N) is 6. The summed E-state index contributed by atoms with van der Waals surface area (Å²) in [6, 6.07) is 1.40. The van der Waals surface area contributed by atoms with Crippen LogP contribution in [0.1, 0.15) is 24.6 Å². The van der Waals surface area contributed by atoms with Crippen LogP contribution in [0.4, 0.5) is 17.6 Å². The van der Waals surface area contributed by atoms with Gasteiger partial charge < -0.3 is 24.8 Å². The van der Waals surface area contributed by atoms with Gasteiger partial charge in [-0.3, -0.25) is 0 Å². The van der Waals surface area contributed by atoms with E-state index in [-0.39, 0.29) is 23.5 Å². The minimum atomic E-state index is -2.98. The third-order valence-electron chi connectivity index (χ3n) is 6.85. The Hall–Kier alpha value is -2.69. The maximum Gasteiger partial charge on any atom is 0.254 e. The molecule has 3 aromatic rings. The summed E-state index contributed by atoms with van der Waals surface area (Å²) < 4.78 is 69.0. The van der Waals surface area contributed by atoms with Crippen LogP contribution in [0.3, 0.4) is 0 Å². The van der Waals surface area contributed by atoms with Gasteiger partial charge in [-0.25, -0.2) is 26.9 Å². The molecule has 2 fully saturated rings. The third kappa shape index (κ3) is 4.67. The highest BCUT2D eigenvalue weighted by molar-refractivity contribution is 6.30. The quantitative estimate of drug-likeness (QED) is 0.288. The zero-order chi connectivity index (χ0) is 27.4. The van der Waals surface area contributed by atoms with Crippen LogP contribution in [0, 0.1) is 11.6 Å². The first kappa shape index (κ1) is 26.9. The second-order valence-corrected chi connectivity index (χ2v) is 9.86. The predicted octanol–water partition coefficient (Wildman–Crippen LogP) is 1.46. The maximum absolute atomic E-state index is 14.5. The van der Waals surface area contributed by atoms with Gasteiger partial charge >= 0.3 is 0 Å². The molecule has 1 aliphatic heterocycles. The lowest BCUT2D eigenvalue weighted by Crippen LogP contribution is -2.57. The molecule has 0 spiro atoms. The van der Waals surface area contributed by atoms with E-state index in [1.165, 1.54) is 41.0 Å². The molecule has 16 heteroatoms. The zero-order valence-corrected chi connectivity index (χ0v) is 20.5. The molecule has 5 atom stereocenters. The third-order valence-corrected chi connectivity index (χ3v) is 7.14. The monoisotopic (exact) mass is 562 g/mol. The Morgan fingerprint density at radius 1 is 1.13 bits per heavy atom. The Morgan fingerprint density at radius 3 is 2.53 bits per heavy atom. The van der Waals surface area contributed by atoms with Gasteiger partial charge in [0.05, 0.1) is 30.6 Å². The van der Waals surface area contributed by atoms with E-state index in [2.05, 4.69) is 20.6 Å². The van der Waals surface area contributed by atoms with Crippen molar-refractivity contribution in [2.75, 3.05) is 13.7 Å². The molecular formula is C22H23ClF4N6O5. The number of aliphatic hydroxyl groups is 3. The fourth-order valence-electron chi connectivity index (χ4n) is 4.95. The van der Waals surface area contributed by atoms with Crippen molar-refractivity contribution >= 4 is 11.6 Å². The summed E-state index contributed by atoms with van der Waals surface area (Å²) in [5.41, 5.74) is -2.08. The predicted molar refractivity (Wildman–Crippen MR) is 120 cm³/mol. The molecule has 206 valence electrons. The number of aliphatic hydroxyl groups excluding tert-OH is 2. The van der Waals surface area contributed by atoms with E-state index in [1.54, 1.807) is 0 Å². The van der Waals surface area contributed by atoms with Gasteiger partial charge in [0.25, 0.3) is 5.92 Å². The molecule has 2 aromatic heterocycles. The number of methoxy groups -OCH3 is 1. The molecule has 5 rings (SSSR count). The lowest BCUT2D eigenvalue weighted by atomic mass is 9.75. The summed E-state index contributed by atoms with van der Waals surface area (Å²) >= 11 is 5.62. The smallest absolute Gasteiger partial charge is 0.254 e. The highest BCUT2D eigenvalue weighted by Crippen LogP contribution is 2.50. The summed E-state index contributed by atoms with van der Waals surface area (Å²) in [6.07, 6.45) is -3.22. The molecule has 38 heavy (non-hydrogen) atoms. The molecule has 0 unspecified atom stereocenters. The van der Waals surface area contributed by atoms with Crippen molar-refractivity contribution in [2.45, 2.75) is 61.4 Å². The van der Waals surface area contributed by atoms with Crippen molar-refractivity contribution < 1.29 is 42.4 Å². The van der Waals surface area contributed by atoms with Crippen molar-refractivity contribution in [3.8, 4) is 11.3 Å². The summed E-state index contributed by atoms with van der Waals surface area (Å²) in [4.78, 5) is 0. The number of halogens is 5. The van der Waals surface area contributed by atoms with E-state index in [4.69, 9.17) is 21.1 Å². The summed E-state index contributed by atoms with van der Waals surface area (Å²) in [5, 5.41) is 46.3. The highest BCUT2D eigenvalue weighted by Gasteiger charge is 2.58. The fraction of sp³-hybridized carbons (Fsp3) is 0.545. The molecule has 1 saturated heterocycles. The average molecular weight is 563 g/mol. The molecule has 1 aliphatic carbocycles. The van der Waals surface area contributed by atoms with Crippen molar-refractivity contribution in [3.63, 3.8) is 0 Å². The summed E-state index contributed by atoms with van der Waals surface area (Å²) in [5.74, 6) is -5.46. The van der Waals surface area contributed by atoms with Gasteiger partial charge in [0.1, 0.15) is 47.4 Å². The largest absolute Gasteiger partial charge is 0.394 e. The van der Waals surface area contributed by atoms with E-state index in [1.807, 2.05) is 0 Å². The Kier molecular flexibility index (Phi) is 6.94. The second kappa shape index (κ2) is 9.81. The average Bonchev–Trinajstić information content (AvgIpc) is 3.52. The van der Waals surface area contributed by atoms with Crippen LogP contribution >= 0.6 is 11.6 Å². The first-order chi connectivity index (χ1) is 18.0. The van der Waals surface area contributed by atoms with Gasteiger partial charge in [0, 0.05) is 25.5 Å². The highest BCUT2D eigenvalue weighted by atomic mass is 35.5. The van der Waals surface area contributed by atoms with Gasteiger partial charge in [-0.2, -0.15) is 0 Å². The first-order valence-electron chi connectivity index (χ1n) is 11.5. The Morgan fingerprint density at radius 2 is 1.87 bits per heavy atom. The zero-order valence-electron chi connectivity index (χ0n) is 19.8. The van der Waals surface area contributed by atoms with Gasteiger partial charge in [0.2, 0.25) is 0 Å². The number of rotatable bonds is 7. The lowest BCUT2D eigenvalue weighted by molar-refractivity contribution is -0.216. The van der Waals surface area contributed by atoms with Crippen LogP contribution in [-0.2, 0) is 21.6 Å². The maximum atomic E-state index is 14.5. The topological polar surface area (TPSA) is 141 Å². The molecule has 1 saturated carbocycles. The molecular weight excluding hydrogens is 540 g/mol. The molecule has 0 bridgehead atoms. The van der Waals surface area contributed by atoms with E-state index in [0.717, 1.165) is 0 Å². The lowest BCUT2D eigenvalue weighted by Gasteiger charge is -2.43.